The standard InChI is InChI=1S/C14H17N5O3/c1-7-6-9(12(20)16-8-2-4-15-5-3-8)17-11-10(7)13(21)19-14(22)18-11/h6,8,15H,2-5H2,1H3,(H,16,20)(H2,17,18,19,21,22). The molecule has 1 aliphatic heterocycles. The van der Waals surface area contributed by atoms with Crippen molar-refractivity contribution in [3.8, 4) is 0 Å². The minimum absolute atomic E-state index is 0.116. The highest BCUT2D eigenvalue weighted by molar-refractivity contribution is 5.95. The predicted octanol–water partition coefficient (Wildman–Crippen LogP) is -0.598. The molecule has 22 heavy (non-hydrogen) atoms. The monoisotopic (exact) mass is 303 g/mol. The molecular weight excluding hydrogens is 286 g/mol. The molecule has 0 radical (unpaired) electrons. The number of carbonyl (C=O) groups is 1. The third kappa shape index (κ3) is 2.77. The first-order valence-electron chi connectivity index (χ1n) is 7.20. The van der Waals surface area contributed by atoms with Crippen LogP contribution in [0.1, 0.15) is 28.9 Å². The van der Waals surface area contributed by atoms with Crippen LogP contribution in [0.2, 0.25) is 0 Å². The second-order valence-electron chi connectivity index (χ2n) is 5.45. The first-order valence-corrected chi connectivity index (χ1v) is 7.20. The number of aryl methyl sites for hydroxylation is 1. The highest BCUT2D eigenvalue weighted by Gasteiger charge is 2.18. The summed E-state index contributed by atoms with van der Waals surface area (Å²) in [5, 5.41) is 6.46. The van der Waals surface area contributed by atoms with Gasteiger partial charge in [0, 0.05) is 6.04 Å². The number of H-pyrrole nitrogens is 2. The zero-order valence-electron chi connectivity index (χ0n) is 12.2. The van der Waals surface area contributed by atoms with E-state index in [0.29, 0.717) is 5.56 Å². The maximum atomic E-state index is 12.3. The summed E-state index contributed by atoms with van der Waals surface area (Å²) in [7, 11) is 0. The fourth-order valence-corrected chi connectivity index (χ4v) is 2.70. The molecule has 4 N–H and O–H groups in total. The SMILES string of the molecule is Cc1cc(C(=O)NC2CCNCC2)nc2[nH]c(=O)[nH]c(=O)c12. The average Bonchev–Trinajstić information content (AvgIpc) is 2.47. The summed E-state index contributed by atoms with van der Waals surface area (Å²) in [5.74, 6) is -0.293. The molecule has 0 aliphatic carbocycles. The van der Waals surface area contributed by atoms with Gasteiger partial charge in [-0.15, -0.1) is 0 Å². The number of pyridine rings is 1. The Morgan fingerprint density at radius 3 is 2.73 bits per heavy atom. The summed E-state index contributed by atoms with van der Waals surface area (Å²) in [6.07, 6.45) is 1.74. The summed E-state index contributed by atoms with van der Waals surface area (Å²) in [6, 6.07) is 1.68. The Balaban J connectivity index is 1.95. The van der Waals surface area contributed by atoms with Crippen molar-refractivity contribution in [2.75, 3.05) is 13.1 Å². The Bertz CT molecular complexity index is 832. The highest BCUT2D eigenvalue weighted by Crippen LogP contribution is 2.11. The van der Waals surface area contributed by atoms with Crippen molar-refractivity contribution >= 4 is 16.9 Å². The molecule has 1 saturated heterocycles. The summed E-state index contributed by atoms with van der Waals surface area (Å²) < 4.78 is 0. The number of fused-ring (bicyclic) bond motifs is 1. The molecule has 8 nitrogen and oxygen atoms in total. The molecule has 3 rings (SSSR count). The lowest BCUT2D eigenvalue weighted by molar-refractivity contribution is 0.0924. The summed E-state index contributed by atoms with van der Waals surface area (Å²) >= 11 is 0. The van der Waals surface area contributed by atoms with Gasteiger partial charge in [0.1, 0.15) is 11.3 Å². The van der Waals surface area contributed by atoms with Gasteiger partial charge >= 0.3 is 5.69 Å². The van der Waals surface area contributed by atoms with Crippen molar-refractivity contribution in [3.05, 3.63) is 38.2 Å². The lowest BCUT2D eigenvalue weighted by Gasteiger charge is -2.23. The lowest BCUT2D eigenvalue weighted by Crippen LogP contribution is -2.43. The Hall–Kier alpha value is -2.48. The fourth-order valence-electron chi connectivity index (χ4n) is 2.70. The predicted molar refractivity (Wildman–Crippen MR) is 81.1 cm³/mol. The van der Waals surface area contributed by atoms with E-state index in [1.807, 2.05) is 0 Å². The second-order valence-corrected chi connectivity index (χ2v) is 5.45. The minimum Gasteiger partial charge on any atom is -0.348 e. The van der Waals surface area contributed by atoms with E-state index in [1.54, 1.807) is 13.0 Å². The van der Waals surface area contributed by atoms with Crippen molar-refractivity contribution < 1.29 is 4.79 Å². The molecule has 2 aromatic rings. The van der Waals surface area contributed by atoms with Gasteiger partial charge in [-0.3, -0.25) is 19.6 Å². The number of aromatic amines is 2. The number of piperidine rings is 1. The van der Waals surface area contributed by atoms with Crippen molar-refractivity contribution in [1.29, 1.82) is 0 Å². The van der Waals surface area contributed by atoms with E-state index in [-0.39, 0.29) is 28.7 Å². The van der Waals surface area contributed by atoms with Crippen molar-refractivity contribution in [2.24, 2.45) is 0 Å². The zero-order chi connectivity index (χ0) is 15.7. The number of hydrogen-bond acceptors (Lipinski definition) is 5. The van der Waals surface area contributed by atoms with Gasteiger partial charge in [0.15, 0.2) is 0 Å². The van der Waals surface area contributed by atoms with Gasteiger partial charge in [0.05, 0.1) is 5.39 Å². The Labute approximate surface area is 125 Å². The van der Waals surface area contributed by atoms with Gasteiger partial charge in [-0.25, -0.2) is 9.78 Å². The van der Waals surface area contributed by atoms with E-state index in [1.165, 1.54) is 0 Å². The number of hydrogen-bond donors (Lipinski definition) is 4. The van der Waals surface area contributed by atoms with Crippen LogP contribution in [-0.2, 0) is 0 Å². The maximum absolute atomic E-state index is 12.3. The van der Waals surface area contributed by atoms with Crippen molar-refractivity contribution in [3.63, 3.8) is 0 Å². The van der Waals surface area contributed by atoms with Crippen LogP contribution in [0, 0.1) is 6.92 Å². The number of carbonyl (C=O) groups excluding carboxylic acids is 1. The van der Waals surface area contributed by atoms with Gasteiger partial charge in [-0.05, 0) is 44.5 Å². The maximum Gasteiger partial charge on any atom is 0.327 e. The number of amides is 1. The van der Waals surface area contributed by atoms with Crippen LogP contribution in [0.4, 0.5) is 0 Å². The van der Waals surface area contributed by atoms with Crippen LogP contribution in [0.15, 0.2) is 15.7 Å². The van der Waals surface area contributed by atoms with Crippen LogP contribution < -0.4 is 21.9 Å². The van der Waals surface area contributed by atoms with Crippen LogP contribution in [0.5, 0.6) is 0 Å². The molecule has 0 bridgehead atoms. The zero-order valence-corrected chi connectivity index (χ0v) is 12.2. The lowest BCUT2D eigenvalue weighted by atomic mass is 10.1. The van der Waals surface area contributed by atoms with Gasteiger partial charge in [0.25, 0.3) is 11.5 Å². The van der Waals surface area contributed by atoms with E-state index in [9.17, 15) is 14.4 Å². The van der Waals surface area contributed by atoms with E-state index in [2.05, 4.69) is 25.6 Å². The molecule has 0 saturated carbocycles. The highest BCUT2D eigenvalue weighted by atomic mass is 16.2. The number of nitrogens with one attached hydrogen (secondary N) is 4. The second kappa shape index (κ2) is 5.72. The largest absolute Gasteiger partial charge is 0.348 e. The summed E-state index contributed by atoms with van der Waals surface area (Å²) in [5.41, 5.74) is -0.221. The van der Waals surface area contributed by atoms with Gasteiger partial charge in [-0.2, -0.15) is 0 Å². The van der Waals surface area contributed by atoms with E-state index in [4.69, 9.17) is 0 Å². The molecule has 116 valence electrons. The smallest absolute Gasteiger partial charge is 0.327 e. The quantitative estimate of drug-likeness (QED) is 0.590. The first kappa shape index (κ1) is 14.5. The normalized spacial score (nSPS) is 15.9. The van der Waals surface area contributed by atoms with E-state index >= 15 is 0 Å². The van der Waals surface area contributed by atoms with Gasteiger partial charge < -0.3 is 10.6 Å². The first-order chi connectivity index (χ1) is 10.5. The van der Waals surface area contributed by atoms with E-state index < -0.39 is 11.2 Å². The molecule has 3 heterocycles. The number of nitrogens with zero attached hydrogens (tertiary/aromatic N) is 1. The Morgan fingerprint density at radius 1 is 1.27 bits per heavy atom. The van der Waals surface area contributed by atoms with Crippen LogP contribution in [0.25, 0.3) is 11.0 Å². The molecule has 8 heteroatoms. The van der Waals surface area contributed by atoms with E-state index in [0.717, 1.165) is 25.9 Å². The average molecular weight is 303 g/mol. The van der Waals surface area contributed by atoms with Crippen LogP contribution >= 0.6 is 0 Å². The molecule has 1 fully saturated rings. The molecule has 2 aromatic heterocycles. The van der Waals surface area contributed by atoms with Crippen LogP contribution in [-0.4, -0.2) is 40.0 Å². The number of aromatic nitrogens is 3. The van der Waals surface area contributed by atoms with Crippen molar-refractivity contribution in [2.45, 2.75) is 25.8 Å². The number of rotatable bonds is 2. The summed E-state index contributed by atoms with van der Waals surface area (Å²) in [4.78, 5) is 44.2. The Kier molecular flexibility index (Phi) is 3.76. The summed E-state index contributed by atoms with van der Waals surface area (Å²) in [6.45, 7) is 3.45. The molecular formula is C14H17N5O3. The molecule has 0 spiro atoms. The van der Waals surface area contributed by atoms with Gasteiger partial charge in [0.2, 0.25) is 0 Å². The molecule has 0 unspecified atom stereocenters. The van der Waals surface area contributed by atoms with Crippen LogP contribution in [0.3, 0.4) is 0 Å². The van der Waals surface area contributed by atoms with Gasteiger partial charge in [-0.1, -0.05) is 0 Å². The minimum atomic E-state index is -0.639. The third-order valence-electron chi connectivity index (χ3n) is 3.81. The topological polar surface area (TPSA) is 120 Å². The third-order valence-corrected chi connectivity index (χ3v) is 3.81. The Morgan fingerprint density at radius 2 is 2.00 bits per heavy atom. The van der Waals surface area contributed by atoms with Crippen molar-refractivity contribution in [1.82, 2.24) is 25.6 Å². The molecule has 1 aliphatic rings. The fraction of sp³-hybridized carbons (Fsp3) is 0.429. The molecule has 1 amide bonds. The molecule has 0 aromatic carbocycles. The molecule has 0 atom stereocenters.